The van der Waals surface area contributed by atoms with Crippen LogP contribution < -0.4 is 10.6 Å². The van der Waals surface area contributed by atoms with Crippen LogP contribution >= 0.6 is 23.8 Å². The maximum atomic E-state index is 12.9. The topological polar surface area (TPSA) is 24.1 Å². The first-order chi connectivity index (χ1) is 11.6. The molecule has 0 heterocycles. The summed E-state index contributed by atoms with van der Waals surface area (Å²) < 4.78 is 38.7. The molecule has 7 heteroatoms. The van der Waals surface area contributed by atoms with Crippen molar-refractivity contribution < 1.29 is 13.2 Å². The van der Waals surface area contributed by atoms with E-state index in [1.807, 2.05) is 32.9 Å². The normalized spacial score (nSPS) is 12.6. The molecule has 2 N–H and O–H groups in total. The van der Waals surface area contributed by atoms with Crippen LogP contribution in [0.2, 0.25) is 5.02 Å². The highest BCUT2D eigenvalue weighted by atomic mass is 35.5. The van der Waals surface area contributed by atoms with Crippen molar-refractivity contribution in [2.45, 2.75) is 33.0 Å². The molecule has 2 rings (SSSR count). The molecule has 0 aliphatic rings. The fourth-order valence-electron chi connectivity index (χ4n) is 2.30. The van der Waals surface area contributed by atoms with E-state index in [0.717, 1.165) is 17.2 Å². The van der Waals surface area contributed by atoms with E-state index in [2.05, 4.69) is 16.7 Å². The number of halogens is 4. The zero-order valence-electron chi connectivity index (χ0n) is 14.0. The molecule has 0 bridgehead atoms. The van der Waals surface area contributed by atoms with Crippen molar-refractivity contribution in [1.29, 1.82) is 0 Å². The van der Waals surface area contributed by atoms with Crippen LogP contribution in [0.15, 0.2) is 36.4 Å². The lowest BCUT2D eigenvalue weighted by atomic mass is 10.0. The minimum absolute atomic E-state index is 0.0892. The molecule has 25 heavy (non-hydrogen) atoms. The third-order valence-electron chi connectivity index (χ3n) is 3.91. The Morgan fingerprint density at radius 2 is 1.76 bits per heavy atom. The van der Waals surface area contributed by atoms with Crippen LogP contribution in [-0.4, -0.2) is 5.11 Å². The summed E-state index contributed by atoms with van der Waals surface area (Å²) in [6.07, 6.45) is -4.52. The fraction of sp³-hybridized carbons (Fsp3) is 0.278. The van der Waals surface area contributed by atoms with Gasteiger partial charge in [-0.3, -0.25) is 0 Å². The molecule has 0 unspecified atom stereocenters. The number of benzene rings is 2. The van der Waals surface area contributed by atoms with Gasteiger partial charge in [0.1, 0.15) is 0 Å². The van der Waals surface area contributed by atoms with E-state index >= 15 is 0 Å². The Bertz CT molecular complexity index is 790. The molecular weight excluding hydrogens is 369 g/mol. The summed E-state index contributed by atoms with van der Waals surface area (Å²) in [4.78, 5) is 0. The fourth-order valence-corrected chi connectivity index (χ4v) is 2.82. The lowest BCUT2D eigenvalue weighted by Gasteiger charge is -2.19. The third-order valence-corrected chi connectivity index (χ3v) is 4.46. The number of aryl methyl sites for hydroxylation is 2. The molecule has 0 aliphatic heterocycles. The van der Waals surface area contributed by atoms with Gasteiger partial charge in [0.25, 0.3) is 0 Å². The molecule has 134 valence electrons. The Hall–Kier alpha value is -1.79. The molecule has 2 nitrogen and oxygen atoms in total. The second-order valence-electron chi connectivity index (χ2n) is 5.86. The first-order valence-corrected chi connectivity index (χ1v) is 8.38. The summed E-state index contributed by atoms with van der Waals surface area (Å²) in [5.74, 6) is 0. The Labute approximate surface area is 155 Å². The summed E-state index contributed by atoms with van der Waals surface area (Å²) in [6.45, 7) is 5.98. The largest absolute Gasteiger partial charge is 0.417 e. The van der Waals surface area contributed by atoms with Crippen LogP contribution in [0.4, 0.5) is 18.9 Å². The lowest BCUT2D eigenvalue weighted by molar-refractivity contribution is -0.137. The van der Waals surface area contributed by atoms with Crippen LogP contribution in [0.5, 0.6) is 0 Å². The highest BCUT2D eigenvalue weighted by molar-refractivity contribution is 7.80. The van der Waals surface area contributed by atoms with E-state index in [1.54, 1.807) is 0 Å². The number of anilines is 1. The first kappa shape index (κ1) is 19.5. The third kappa shape index (κ3) is 5.09. The minimum Gasteiger partial charge on any atom is -0.356 e. The molecule has 0 spiro atoms. The SMILES string of the molecule is Cc1ccc([C@H](C)NC(=S)Nc2ccc(Cl)c(C(F)(F)F)c2)cc1C. The molecule has 0 aliphatic carbocycles. The van der Waals surface area contributed by atoms with Crippen LogP contribution in [0.1, 0.15) is 35.2 Å². The maximum Gasteiger partial charge on any atom is 0.417 e. The van der Waals surface area contributed by atoms with Crippen molar-refractivity contribution in [2.24, 2.45) is 0 Å². The van der Waals surface area contributed by atoms with Gasteiger partial charge >= 0.3 is 6.18 Å². The van der Waals surface area contributed by atoms with Crippen molar-refractivity contribution in [2.75, 3.05) is 5.32 Å². The number of hydrogen-bond donors (Lipinski definition) is 2. The van der Waals surface area contributed by atoms with Gasteiger partial charge in [-0.25, -0.2) is 0 Å². The van der Waals surface area contributed by atoms with E-state index in [0.29, 0.717) is 0 Å². The van der Waals surface area contributed by atoms with Gasteiger partial charge in [-0.1, -0.05) is 29.8 Å². The van der Waals surface area contributed by atoms with Crippen molar-refractivity contribution in [1.82, 2.24) is 5.32 Å². The highest BCUT2D eigenvalue weighted by Gasteiger charge is 2.33. The highest BCUT2D eigenvalue weighted by Crippen LogP contribution is 2.36. The molecule has 0 aromatic heterocycles. The van der Waals surface area contributed by atoms with E-state index in [-0.39, 0.29) is 21.9 Å². The summed E-state index contributed by atoms with van der Waals surface area (Å²) in [5.41, 5.74) is 2.72. The minimum atomic E-state index is -4.52. The number of nitrogens with one attached hydrogen (secondary N) is 2. The Balaban J connectivity index is 2.08. The summed E-state index contributed by atoms with van der Waals surface area (Å²) in [7, 11) is 0. The zero-order chi connectivity index (χ0) is 18.8. The maximum absolute atomic E-state index is 12.9. The van der Waals surface area contributed by atoms with Gasteiger partial charge in [0.05, 0.1) is 16.6 Å². The smallest absolute Gasteiger partial charge is 0.356 e. The van der Waals surface area contributed by atoms with Gasteiger partial charge in [0, 0.05) is 5.69 Å². The molecule has 2 aromatic rings. The number of hydrogen-bond acceptors (Lipinski definition) is 1. The van der Waals surface area contributed by atoms with Gasteiger partial charge in [-0.15, -0.1) is 0 Å². The van der Waals surface area contributed by atoms with Crippen LogP contribution in [0.25, 0.3) is 0 Å². The molecule has 0 saturated carbocycles. The second kappa shape index (κ2) is 7.62. The number of rotatable bonds is 3. The van der Waals surface area contributed by atoms with Crippen LogP contribution in [0.3, 0.4) is 0 Å². The van der Waals surface area contributed by atoms with Crippen LogP contribution in [-0.2, 0) is 6.18 Å². The summed E-state index contributed by atoms with van der Waals surface area (Å²) in [5, 5.41) is 5.73. The molecule has 0 radical (unpaired) electrons. The average molecular weight is 387 g/mol. The van der Waals surface area contributed by atoms with Crippen LogP contribution in [0, 0.1) is 13.8 Å². The second-order valence-corrected chi connectivity index (χ2v) is 6.67. The predicted molar refractivity (Wildman–Crippen MR) is 100 cm³/mol. The van der Waals surface area contributed by atoms with E-state index in [9.17, 15) is 13.2 Å². The van der Waals surface area contributed by atoms with Gasteiger partial charge in [0.2, 0.25) is 0 Å². The quantitative estimate of drug-likeness (QED) is 0.630. The Morgan fingerprint density at radius 3 is 2.36 bits per heavy atom. The summed E-state index contributed by atoms with van der Waals surface area (Å²) in [6, 6.07) is 9.57. The van der Waals surface area contributed by atoms with Crippen molar-refractivity contribution in [3.05, 3.63) is 63.7 Å². The average Bonchev–Trinajstić information content (AvgIpc) is 2.50. The Kier molecular flexibility index (Phi) is 5.95. The van der Waals surface area contributed by atoms with Gasteiger partial charge in [-0.05, 0) is 67.9 Å². The molecule has 0 fully saturated rings. The van der Waals surface area contributed by atoms with E-state index in [1.165, 1.54) is 17.7 Å². The standard InChI is InChI=1S/C18H18ClF3N2S/c1-10-4-5-13(8-11(10)2)12(3)23-17(25)24-14-6-7-16(19)15(9-14)18(20,21)22/h4-9,12H,1-3H3,(H2,23,24,25)/t12-/m0/s1. The van der Waals surface area contributed by atoms with Gasteiger partial charge < -0.3 is 10.6 Å². The molecule has 2 aromatic carbocycles. The lowest BCUT2D eigenvalue weighted by Crippen LogP contribution is -2.31. The van der Waals surface area contributed by atoms with Crippen molar-refractivity contribution in [3.63, 3.8) is 0 Å². The van der Waals surface area contributed by atoms with E-state index < -0.39 is 11.7 Å². The molecular formula is C18H18ClF3N2S. The monoisotopic (exact) mass is 386 g/mol. The Morgan fingerprint density at radius 1 is 1.08 bits per heavy atom. The van der Waals surface area contributed by atoms with Crippen molar-refractivity contribution >= 4 is 34.6 Å². The zero-order valence-corrected chi connectivity index (χ0v) is 15.5. The van der Waals surface area contributed by atoms with Gasteiger partial charge in [-0.2, -0.15) is 13.2 Å². The van der Waals surface area contributed by atoms with Gasteiger partial charge in [0.15, 0.2) is 5.11 Å². The molecule has 0 amide bonds. The van der Waals surface area contributed by atoms with Crippen molar-refractivity contribution in [3.8, 4) is 0 Å². The molecule has 1 atom stereocenters. The number of thiocarbonyl (C=S) groups is 1. The number of alkyl halides is 3. The van der Waals surface area contributed by atoms with E-state index in [4.69, 9.17) is 23.8 Å². The summed E-state index contributed by atoms with van der Waals surface area (Å²) >= 11 is 10.8. The molecule has 0 saturated heterocycles. The predicted octanol–water partition coefficient (Wildman–Crippen LogP) is 6.02. The first-order valence-electron chi connectivity index (χ1n) is 7.59.